The van der Waals surface area contributed by atoms with Crippen molar-refractivity contribution >= 4 is 22.8 Å². The zero-order chi connectivity index (χ0) is 20.1. The van der Waals surface area contributed by atoms with Crippen LogP contribution >= 0.6 is 0 Å². The summed E-state index contributed by atoms with van der Waals surface area (Å²) in [6.07, 6.45) is 3.39. The van der Waals surface area contributed by atoms with Crippen LogP contribution in [0.4, 0.5) is 10.2 Å². The fourth-order valence-corrected chi connectivity index (χ4v) is 3.93. The maximum Gasteiger partial charge on any atom is 0.343 e. The van der Waals surface area contributed by atoms with Crippen LogP contribution in [-0.4, -0.2) is 22.1 Å². The maximum atomic E-state index is 15.0. The lowest BCUT2D eigenvalue weighted by atomic mass is 10.1. The zero-order valence-corrected chi connectivity index (χ0v) is 16.0. The Morgan fingerprint density at radius 1 is 1.24 bits per heavy atom. The summed E-state index contributed by atoms with van der Waals surface area (Å²) in [4.78, 5) is 31.5. The third-order valence-electron chi connectivity index (χ3n) is 5.52. The number of benzene rings is 1. The van der Waals surface area contributed by atoms with E-state index >= 15 is 4.39 Å². The normalized spacial score (nSPS) is 15.6. The third kappa shape index (κ3) is 2.97. The summed E-state index contributed by atoms with van der Waals surface area (Å²) in [5.41, 5.74) is 2.08. The van der Waals surface area contributed by atoms with Crippen molar-refractivity contribution in [3.05, 3.63) is 69.3 Å². The highest BCUT2D eigenvalue weighted by molar-refractivity contribution is 5.93. The standard InChI is InChI=1S/C22H20FN3O3/c1-2-29-22(28)17-12-26(15-7-8-15)20-16(19(17)27)9-18(23)21(24-20)25-10-13-5-3-4-6-14(13)11-25/h3-6,9,12,15H,2,7-8,10-11H2,1H3. The highest BCUT2D eigenvalue weighted by Crippen LogP contribution is 2.38. The van der Waals surface area contributed by atoms with Crippen LogP contribution in [0.5, 0.6) is 0 Å². The molecular formula is C22H20FN3O3. The van der Waals surface area contributed by atoms with Crippen LogP contribution in [0.3, 0.4) is 0 Å². The molecule has 2 aliphatic rings. The van der Waals surface area contributed by atoms with E-state index in [1.807, 2.05) is 33.7 Å². The molecule has 1 fully saturated rings. The lowest BCUT2D eigenvalue weighted by Crippen LogP contribution is -2.23. The van der Waals surface area contributed by atoms with E-state index in [-0.39, 0.29) is 29.4 Å². The molecule has 0 amide bonds. The molecule has 1 aliphatic heterocycles. The van der Waals surface area contributed by atoms with Crippen molar-refractivity contribution in [2.45, 2.75) is 38.9 Å². The molecule has 0 saturated heterocycles. The van der Waals surface area contributed by atoms with Gasteiger partial charge in [0, 0.05) is 25.3 Å². The number of hydrogen-bond acceptors (Lipinski definition) is 5. The zero-order valence-electron chi connectivity index (χ0n) is 16.0. The van der Waals surface area contributed by atoms with Gasteiger partial charge in [-0.05, 0) is 37.0 Å². The van der Waals surface area contributed by atoms with E-state index in [2.05, 4.69) is 4.98 Å². The van der Waals surface area contributed by atoms with Crippen molar-refractivity contribution < 1.29 is 13.9 Å². The Bertz CT molecular complexity index is 1170. The molecule has 2 aromatic heterocycles. The minimum Gasteiger partial charge on any atom is -0.462 e. The van der Waals surface area contributed by atoms with Gasteiger partial charge in [0.2, 0.25) is 5.43 Å². The molecule has 0 atom stereocenters. The molecule has 0 bridgehead atoms. The molecule has 0 unspecified atom stereocenters. The second-order valence-corrected chi connectivity index (χ2v) is 7.52. The predicted octanol–water partition coefficient (Wildman–Crippen LogP) is 3.57. The van der Waals surface area contributed by atoms with Crippen molar-refractivity contribution in [3.63, 3.8) is 0 Å². The van der Waals surface area contributed by atoms with Crippen LogP contribution in [0.25, 0.3) is 11.0 Å². The van der Waals surface area contributed by atoms with Crippen molar-refractivity contribution in [3.8, 4) is 0 Å². The third-order valence-corrected chi connectivity index (χ3v) is 5.52. The van der Waals surface area contributed by atoms with Gasteiger partial charge in [0.05, 0.1) is 12.0 Å². The van der Waals surface area contributed by atoms with Gasteiger partial charge in [0.15, 0.2) is 11.6 Å². The van der Waals surface area contributed by atoms with Crippen molar-refractivity contribution in [2.75, 3.05) is 11.5 Å². The number of pyridine rings is 2. The van der Waals surface area contributed by atoms with E-state index in [1.54, 1.807) is 6.92 Å². The van der Waals surface area contributed by atoms with Crippen LogP contribution in [0.1, 0.15) is 47.3 Å². The quantitative estimate of drug-likeness (QED) is 0.634. The lowest BCUT2D eigenvalue weighted by molar-refractivity contribution is 0.0524. The van der Waals surface area contributed by atoms with E-state index in [1.165, 1.54) is 12.3 Å². The van der Waals surface area contributed by atoms with E-state index in [4.69, 9.17) is 4.74 Å². The summed E-state index contributed by atoms with van der Waals surface area (Å²) < 4.78 is 21.9. The minimum absolute atomic E-state index is 0.0752. The molecule has 1 aromatic carbocycles. The SMILES string of the molecule is CCOC(=O)c1cn(C2CC2)c2nc(N3Cc4ccccc4C3)c(F)cc2c1=O. The second-order valence-electron chi connectivity index (χ2n) is 7.52. The molecule has 0 radical (unpaired) electrons. The molecule has 3 aromatic rings. The number of anilines is 1. The summed E-state index contributed by atoms with van der Waals surface area (Å²) >= 11 is 0. The van der Waals surface area contributed by atoms with Gasteiger partial charge in [0.25, 0.3) is 0 Å². The Hall–Kier alpha value is -3.22. The van der Waals surface area contributed by atoms with E-state index in [9.17, 15) is 9.59 Å². The maximum absolute atomic E-state index is 15.0. The smallest absolute Gasteiger partial charge is 0.343 e. The number of carbonyl (C=O) groups excluding carboxylic acids is 1. The molecule has 5 rings (SSSR count). The average Bonchev–Trinajstić information content (AvgIpc) is 3.46. The second kappa shape index (κ2) is 6.69. The minimum atomic E-state index is -0.687. The molecule has 1 saturated carbocycles. The largest absolute Gasteiger partial charge is 0.462 e. The van der Waals surface area contributed by atoms with Gasteiger partial charge in [-0.25, -0.2) is 14.2 Å². The summed E-state index contributed by atoms with van der Waals surface area (Å²) in [6.45, 7) is 2.99. The lowest BCUT2D eigenvalue weighted by Gasteiger charge is -2.19. The van der Waals surface area contributed by atoms with Crippen LogP contribution in [0.2, 0.25) is 0 Å². The van der Waals surface area contributed by atoms with Gasteiger partial charge >= 0.3 is 5.97 Å². The number of halogens is 1. The average molecular weight is 393 g/mol. The number of carbonyl (C=O) groups is 1. The number of esters is 1. The molecule has 7 heteroatoms. The molecule has 0 N–H and O–H groups in total. The first kappa shape index (κ1) is 17.8. The molecule has 3 heterocycles. The number of hydrogen-bond donors (Lipinski definition) is 0. The molecule has 148 valence electrons. The molecule has 6 nitrogen and oxygen atoms in total. The Labute approximate surface area is 166 Å². The Morgan fingerprint density at radius 3 is 2.55 bits per heavy atom. The highest BCUT2D eigenvalue weighted by atomic mass is 19.1. The van der Waals surface area contributed by atoms with E-state index < -0.39 is 17.2 Å². The van der Waals surface area contributed by atoms with Gasteiger partial charge < -0.3 is 14.2 Å². The Morgan fingerprint density at radius 2 is 1.93 bits per heavy atom. The number of aromatic nitrogens is 2. The van der Waals surface area contributed by atoms with Crippen molar-refractivity contribution in [1.29, 1.82) is 0 Å². The van der Waals surface area contributed by atoms with Gasteiger partial charge in [-0.1, -0.05) is 24.3 Å². The van der Waals surface area contributed by atoms with Gasteiger partial charge in [-0.3, -0.25) is 4.79 Å². The first-order chi connectivity index (χ1) is 14.1. The number of fused-ring (bicyclic) bond motifs is 2. The van der Waals surface area contributed by atoms with Crippen LogP contribution in [0.15, 0.2) is 41.3 Å². The van der Waals surface area contributed by atoms with Gasteiger partial charge in [0.1, 0.15) is 11.2 Å². The topological polar surface area (TPSA) is 64.4 Å². The number of ether oxygens (including phenoxy) is 1. The van der Waals surface area contributed by atoms with E-state index in [0.29, 0.717) is 18.7 Å². The summed E-state index contributed by atoms with van der Waals surface area (Å²) in [6, 6.07) is 9.36. The van der Waals surface area contributed by atoms with Crippen molar-refractivity contribution in [1.82, 2.24) is 9.55 Å². The summed E-state index contributed by atoms with van der Waals surface area (Å²) in [5.74, 6) is -1.02. The van der Waals surface area contributed by atoms with Crippen LogP contribution < -0.4 is 10.3 Å². The van der Waals surface area contributed by atoms with Gasteiger partial charge in [-0.15, -0.1) is 0 Å². The first-order valence-electron chi connectivity index (χ1n) is 9.81. The number of nitrogens with zero attached hydrogens (tertiary/aromatic N) is 3. The first-order valence-corrected chi connectivity index (χ1v) is 9.81. The molecule has 29 heavy (non-hydrogen) atoms. The Balaban J connectivity index is 1.65. The highest BCUT2D eigenvalue weighted by Gasteiger charge is 2.30. The molecular weight excluding hydrogens is 373 g/mol. The van der Waals surface area contributed by atoms with Crippen LogP contribution in [0, 0.1) is 5.82 Å². The monoisotopic (exact) mass is 393 g/mol. The fraction of sp³-hybridized carbons (Fsp3) is 0.318. The predicted molar refractivity (Wildman–Crippen MR) is 107 cm³/mol. The van der Waals surface area contributed by atoms with Gasteiger partial charge in [-0.2, -0.15) is 0 Å². The summed E-state index contributed by atoms with van der Waals surface area (Å²) in [5, 5.41) is 0.111. The van der Waals surface area contributed by atoms with E-state index in [0.717, 1.165) is 24.0 Å². The molecule has 0 spiro atoms. The van der Waals surface area contributed by atoms with Crippen LogP contribution in [-0.2, 0) is 17.8 Å². The Kier molecular flexibility index (Phi) is 4.12. The number of rotatable bonds is 4. The summed E-state index contributed by atoms with van der Waals surface area (Å²) in [7, 11) is 0. The molecule has 1 aliphatic carbocycles. The fourth-order valence-electron chi connectivity index (χ4n) is 3.93. The van der Waals surface area contributed by atoms with Crippen molar-refractivity contribution in [2.24, 2.45) is 0 Å².